The number of anilines is 1. The van der Waals surface area contributed by atoms with Crippen LogP contribution in [0.1, 0.15) is 29.8 Å². The second-order valence-corrected chi connectivity index (χ2v) is 14.1. The summed E-state index contributed by atoms with van der Waals surface area (Å²) in [5.74, 6) is -0.608. The Morgan fingerprint density at radius 1 is 1.17 bits per heavy atom. The van der Waals surface area contributed by atoms with Crippen LogP contribution in [0.2, 0.25) is 0 Å². The Morgan fingerprint density at radius 2 is 1.85 bits per heavy atom. The maximum Gasteiger partial charge on any atom is 0.261 e. The van der Waals surface area contributed by atoms with E-state index in [0.717, 1.165) is 9.87 Å². The lowest BCUT2D eigenvalue weighted by molar-refractivity contribution is 0.0387. The van der Waals surface area contributed by atoms with Crippen LogP contribution in [0, 0.1) is 12.8 Å². The number of benzene rings is 2. The number of aliphatic hydroxyl groups is 1. The summed E-state index contributed by atoms with van der Waals surface area (Å²) in [6.07, 6.45) is 2.12. The largest absolute Gasteiger partial charge is 0.488 e. The average Bonchev–Trinajstić information content (AvgIpc) is 3.37. The van der Waals surface area contributed by atoms with Crippen molar-refractivity contribution in [3.8, 4) is 5.75 Å². The Labute approximate surface area is 240 Å². The fourth-order valence-electron chi connectivity index (χ4n) is 4.47. The van der Waals surface area contributed by atoms with Gasteiger partial charge in [-0.1, -0.05) is 24.6 Å². The second kappa shape index (κ2) is 11.8. The highest BCUT2D eigenvalue weighted by Gasteiger charge is 2.36. The van der Waals surface area contributed by atoms with Gasteiger partial charge in [-0.2, -0.15) is 4.31 Å². The molecule has 3 atom stereocenters. The Morgan fingerprint density at radius 3 is 2.46 bits per heavy atom. The molecule has 4 rings (SSSR count). The molecule has 14 heteroatoms. The first-order valence-electron chi connectivity index (χ1n) is 13.0. The number of aryl methyl sites for hydroxylation is 2. The molecule has 0 fully saturated rings. The third-order valence-electron chi connectivity index (χ3n) is 7.04. The third kappa shape index (κ3) is 6.56. The van der Waals surface area contributed by atoms with Crippen LogP contribution in [0.5, 0.6) is 5.75 Å². The van der Waals surface area contributed by atoms with Gasteiger partial charge >= 0.3 is 0 Å². The molecule has 0 bridgehead atoms. The van der Waals surface area contributed by atoms with Crippen LogP contribution in [-0.4, -0.2) is 85.5 Å². The van der Waals surface area contributed by atoms with Crippen LogP contribution in [0.25, 0.3) is 0 Å². The van der Waals surface area contributed by atoms with Gasteiger partial charge in [0.25, 0.3) is 26.0 Å². The molecule has 41 heavy (non-hydrogen) atoms. The van der Waals surface area contributed by atoms with Crippen LogP contribution in [0.3, 0.4) is 0 Å². The van der Waals surface area contributed by atoms with Crippen molar-refractivity contribution in [1.29, 1.82) is 0 Å². The second-order valence-electron chi connectivity index (χ2n) is 10.4. The van der Waals surface area contributed by atoms with Gasteiger partial charge < -0.3 is 19.3 Å². The lowest BCUT2D eigenvalue weighted by atomic mass is 9.99. The minimum absolute atomic E-state index is 0.0448. The van der Waals surface area contributed by atoms with E-state index in [-0.39, 0.29) is 52.5 Å². The van der Waals surface area contributed by atoms with E-state index in [1.54, 1.807) is 26.1 Å². The molecular weight excluding hydrogens is 570 g/mol. The SMILES string of the molecule is Cc1ccc(S(=O)(=O)Nc2ccc3c(c2)C(=O)N([C@@H](C)CO)C[C@H](C)[C@@H](CN(C)S(=O)(=O)c2cn(C)cn2)O3)cc1. The molecule has 0 radical (unpaired) electrons. The highest BCUT2D eigenvalue weighted by atomic mass is 32.2. The fraction of sp³-hybridized carbons (Fsp3) is 0.407. The molecule has 1 amide bonds. The molecule has 2 heterocycles. The minimum atomic E-state index is -3.94. The summed E-state index contributed by atoms with van der Waals surface area (Å²) < 4.78 is 63.7. The van der Waals surface area contributed by atoms with E-state index in [2.05, 4.69) is 9.71 Å². The first kappa shape index (κ1) is 30.5. The van der Waals surface area contributed by atoms with Crippen molar-refractivity contribution in [1.82, 2.24) is 18.8 Å². The average molecular weight is 606 g/mol. The highest BCUT2D eigenvalue weighted by molar-refractivity contribution is 7.92. The zero-order valence-electron chi connectivity index (χ0n) is 23.6. The molecule has 1 aliphatic heterocycles. The number of likely N-dealkylation sites (N-methyl/N-ethyl adjacent to an activating group) is 1. The van der Waals surface area contributed by atoms with Crippen molar-refractivity contribution in [2.24, 2.45) is 13.0 Å². The van der Waals surface area contributed by atoms with E-state index >= 15 is 0 Å². The maximum absolute atomic E-state index is 13.7. The Kier molecular flexibility index (Phi) is 8.78. The first-order valence-corrected chi connectivity index (χ1v) is 15.9. The number of hydrogen-bond donors (Lipinski definition) is 2. The standard InChI is InChI=1S/C27H35N5O7S2/c1-18-6-9-22(10-7-18)40(35,36)29-21-8-11-24-23(12-21)27(34)32(20(3)16-33)13-19(2)25(39-24)14-31(5)41(37,38)26-15-30(4)17-28-26/h6-12,15,17,19-20,25,29,33H,13-14,16H2,1-5H3/t19-,20-,25+/m0/s1. The van der Waals surface area contributed by atoms with E-state index in [9.17, 15) is 26.7 Å². The lowest BCUT2D eigenvalue weighted by Gasteiger charge is -2.38. The minimum Gasteiger partial charge on any atom is -0.488 e. The number of ether oxygens (including phenoxy) is 1. The van der Waals surface area contributed by atoms with E-state index < -0.39 is 38.1 Å². The predicted molar refractivity (Wildman–Crippen MR) is 153 cm³/mol. The number of hydrogen-bond acceptors (Lipinski definition) is 8. The van der Waals surface area contributed by atoms with Crippen molar-refractivity contribution in [2.45, 2.75) is 42.8 Å². The zero-order valence-corrected chi connectivity index (χ0v) is 25.2. The maximum atomic E-state index is 13.7. The van der Waals surface area contributed by atoms with Gasteiger partial charge in [0, 0.05) is 38.4 Å². The third-order valence-corrected chi connectivity index (χ3v) is 10.1. The van der Waals surface area contributed by atoms with Gasteiger partial charge in [0.15, 0.2) is 5.03 Å². The number of nitrogens with zero attached hydrogens (tertiary/aromatic N) is 4. The molecule has 0 saturated carbocycles. The summed E-state index contributed by atoms with van der Waals surface area (Å²) in [6, 6.07) is 10.2. The molecule has 0 spiro atoms. The fourth-order valence-corrected chi connectivity index (χ4v) is 6.66. The summed E-state index contributed by atoms with van der Waals surface area (Å²) in [4.78, 5) is 19.2. The molecule has 222 valence electrons. The van der Waals surface area contributed by atoms with Crippen LogP contribution >= 0.6 is 0 Å². The summed E-state index contributed by atoms with van der Waals surface area (Å²) in [6.45, 7) is 5.21. The van der Waals surface area contributed by atoms with Gasteiger partial charge in [-0.3, -0.25) is 9.52 Å². The van der Waals surface area contributed by atoms with Crippen molar-refractivity contribution in [3.05, 3.63) is 66.1 Å². The lowest BCUT2D eigenvalue weighted by Crippen LogP contribution is -2.50. The number of aliphatic hydroxyl groups excluding tert-OH is 1. The number of rotatable bonds is 9. The summed E-state index contributed by atoms with van der Waals surface area (Å²) in [7, 11) is -4.75. The van der Waals surface area contributed by atoms with Crippen molar-refractivity contribution >= 4 is 31.6 Å². The summed E-state index contributed by atoms with van der Waals surface area (Å²) in [5, 5.41) is 9.79. The monoisotopic (exact) mass is 605 g/mol. The number of carbonyl (C=O) groups is 1. The first-order chi connectivity index (χ1) is 19.2. The molecular formula is C27H35N5O7S2. The number of amides is 1. The number of aromatic nitrogens is 2. The molecule has 0 aliphatic carbocycles. The van der Waals surface area contributed by atoms with Crippen LogP contribution < -0.4 is 9.46 Å². The number of fused-ring (bicyclic) bond motifs is 1. The van der Waals surface area contributed by atoms with Gasteiger partial charge in [0.1, 0.15) is 11.9 Å². The van der Waals surface area contributed by atoms with E-state index in [4.69, 9.17) is 4.74 Å². The summed E-state index contributed by atoms with van der Waals surface area (Å²) >= 11 is 0. The van der Waals surface area contributed by atoms with E-state index in [1.807, 2.05) is 13.8 Å². The molecule has 2 N–H and O–H groups in total. The Bertz CT molecular complexity index is 1620. The van der Waals surface area contributed by atoms with Gasteiger partial charge in [-0.25, -0.2) is 21.8 Å². The van der Waals surface area contributed by atoms with Crippen molar-refractivity contribution < 1.29 is 31.5 Å². The van der Waals surface area contributed by atoms with Crippen LogP contribution in [0.4, 0.5) is 5.69 Å². The van der Waals surface area contributed by atoms with Crippen LogP contribution in [0.15, 0.2) is 64.9 Å². The van der Waals surface area contributed by atoms with E-state index in [1.165, 1.54) is 59.4 Å². The van der Waals surface area contributed by atoms with Crippen LogP contribution in [-0.2, 0) is 27.1 Å². The number of sulfonamides is 2. The Hall–Kier alpha value is -3.46. The molecule has 1 aromatic heterocycles. The van der Waals surface area contributed by atoms with Crippen molar-refractivity contribution in [3.63, 3.8) is 0 Å². The molecule has 0 saturated heterocycles. The Balaban J connectivity index is 1.68. The van der Waals surface area contributed by atoms with Gasteiger partial charge in [0.2, 0.25) is 0 Å². The van der Waals surface area contributed by atoms with Gasteiger partial charge in [0.05, 0.1) is 36.0 Å². The number of imidazole rings is 1. The summed E-state index contributed by atoms with van der Waals surface area (Å²) in [5.41, 5.74) is 1.15. The molecule has 3 aromatic rings. The number of nitrogens with one attached hydrogen (secondary N) is 1. The highest BCUT2D eigenvalue weighted by Crippen LogP contribution is 2.32. The van der Waals surface area contributed by atoms with Gasteiger partial charge in [-0.05, 0) is 44.2 Å². The quantitative estimate of drug-likeness (QED) is 0.376. The predicted octanol–water partition coefficient (Wildman–Crippen LogP) is 2.07. The molecule has 2 aromatic carbocycles. The number of carbonyl (C=O) groups excluding carboxylic acids is 1. The zero-order chi connectivity index (χ0) is 30.1. The molecule has 0 unspecified atom stereocenters. The smallest absolute Gasteiger partial charge is 0.261 e. The van der Waals surface area contributed by atoms with Gasteiger partial charge in [-0.15, -0.1) is 0 Å². The van der Waals surface area contributed by atoms with Crippen molar-refractivity contribution in [2.75, 3.05) is 31.5 Å². The van der Waals surface area contributed by atoms with E-state index in [0.29, 0.717) is 0 Å². The topological polar surface area (TPSA) is 151 Å². The molecule has 12 nitrogen and oxygen atoms in total. The molecule has 1 aliphatic rings. The normalized spacial score (nSPS) is 18.8.